The third-order valence-electron chi connectivity index (χ3n) is 2.69. The molecule has 6 heteroatoms. The van der Waals surface area contributed by atoms with Crippen molar-refractivity contribution < 1.29 is 4.79 Å². The fraction of sp³-hybridized carbons (Fsp3) is 0.417. The first kappa shape index (κ1) is 15.9. The van der Waals surface area contributed by atoms with Crippen LogP contribution in [0, 0.1) is 0 Å². The Bertz CT molecular complexity index is 404. The fourth-order valence-electron chi connectivity index (χ4n) is 1.38. The number of hydrogen-bond donors (Lipinski definition) is 1. The van der Waals surface area contributed by atoms with Crippen molar-refractivity contribution in [2.75, 3.05) is 11.8 Å². The summed E-state index contributed by atoms with van der Waals surface area (Å²) < 4.78 is 0. The molecule has 0 aliphatic rings. The van der Waals surface area contributed by atoms with E-state index in [1.54, 1.807) is 18.2 Å². The first-order valence-corrected chi connectivity index (χ1v) is 7.19. The molecule has 0 atom stereocenters. The van der Waals surface area contributed by atoms with Gasteiger partial charge in [-0.25, -0.2) is 0 Å². The fourth-order valence-corrected chi connectivity index (χ4v) is 2.70. The summed E-state index contributed by atoms with van der Waals surface area (Å²) >= 11 is 23.4. The van der Waals surface area contributed by atoms with Crippen LogP contribution in [0.5, 0.6) is 0 Å². The number of carbonyl (C=O) groups excluding carboxylic acids is 1. The lowest BCUT2D eigenvalue weighted by Gasteiger charge is -2.29. The van der Waals surface area contributed by atoms with Gasteiger partial charge in [0.05, 0.1) is 5.54 Å². The number of nitrogens with one attached hydrogen (secondary N) is 1. The van der Waals surface area contributed by atoms with Gasteiger partial charge < -0.3 is 5.32 Å². The molecule has 0 spiro atoms. The Labute approximate surface area is 127 Å². The molecular weight excluding hydrogens is 316 g/mol. The Kier molecular flexibility index (Phi) is 6.06. The number of alkyl halides is 2. The maximum absolute atomic E-state index is 12.1. The Morgan fingerprint density at radius 3 is 2.06 bits per heavy atom. The van der Waals surface area contributed by atoms with Gasteiger partial charge in [0.1, 0.15) is 0 Å². The van der Waals surface area contributed by atoms with E-state index in [1.807, 2.05) is 6.92 Å². The van der Waals surface area contributed by atoms with Crippen LogP contribution in [0.3, 0.4) is 0 Å². The van der Waals surface area contributed by atoms with Crippen molar-refractivity contribution in [2.45, 2.75) is 18.9 Å². The number of halogens is 4. The van der Waals surface area contributed by atoms with E-state index in [0.29, 0.717) is 22.0 Å². The molecule has 18 heavy (non-hydrogen) atoms. The van der Waals surface area contributed by atoms with E-state index in [4.69, 9.17) is 46.4 Å². The summed E-state index contributed by atoms with van der Waals surface area (Å²) in [6.45, 7) is 1.91. The van der Waals surface area contributed by atoms with E-state index in [-0.39, 0.29) is 17.7 Å². The predicted octanol–water partition coefficient (Wildman–Crippen LogP) is 4.35. The van der Waals surface area contributed by atoms with Gasteiger partial charge in [-0.05, 0) is 24.6 Å². The van der Waals surface area contributed by atoms with Gasteiger partial charge in [0.15, 0.2) is 0 Å². The molecule has 0 saturated heterocycles. The maximum Gasteiger partial charge on any atom is 0.251 e. The molecule has 100 valence electrons. The molecule has 0 bridgehead atoms. The van der Waals surface area contributed by atoms with E-state index in [2.05, 4.69) is 5.32 Å². The Morgan fingerprint density at radius 1 is 1.17 bits per heavy atom. The van der Waals surface area contributed by atoms with Crippen LogP contribution in [0.2, 0.25) is 10.0 Å². The predicted molar refractivity (Wildman–Crippen MR) is 78.4 cm³/mol. The highest BCUT2D eigenvalue weighted by Crippen LogP contribution is 2.21. The maximum atomic E-state index is 12.1. The third-order valence-corrected chi connectivity index (χ3v) is 4.15. The van der Waals surface area contributed by atoms with Crippen LogP contribution in [0.4, 0.5) is 0 Å². The van der Waals surface area contributed by atoms with Gasteiger partial charge in [-0.2, -0.15) is 0 Å². The number of carbonyl (C=O) groups is 1. The summed E-state index contributed by atoms with van der Waals surface area (Å²) in [5.41, 5.74) is -0.227. The van der Waals surface area contributed by atoms with Crippen LogP contribution in [0.15, 0.2) is 18.2 Å². The molecule has 1 aromatic rings. The van der Waals surface area contributed by atoms with Gasteiger partial charge in [-0.15, -0.1) is 23.2 Å². The minimum Gasteiger partial charge on any atom is -0.344 e. The number of rotatable bonds is 5. The minimum atomic E-state index is -0.616. The molecule has 0 heterocycles. The van der Waals surface area contributed by atoms with Gasteiger partial charge in [-0.3, -0.25) is 4.79 Å². The molecule has 0 aromatic heterocycles. The standard InChI is InChI=1S/C12H13Cl4NO/c1-2-12(6-13,7-14)17-11(18)8-3-9(15)5-10(16)4-8/h3-5H,2,6-7H2,1H3,(H,17,18). The highest BCUT2D eigenvalue weighted by Gasteiger charge is 2.28. The van der Waals surface area contributed by atoms with Crippen molar-refractivity contribution in [1.29, 1.82) is 0 Å². The van der Waals surface area contributed by atoms with E-state index >= 15 is 0 Å². The Balaban J connectivity index is 2.94. The largest absolute Gasteiger partial charge is 0.344 e. The number of amides is 1. The van der Waals surface area contributed by atoms with Gasteiger partial charge >= 0.3 is 0 Å². The molecule has 0 fully saturated rings. The second-order valence-corrected chi connectivity index (χ2v) is 5.42. The number of benzene rings is 1. The second kappa shape index (κ2) is 6.85. The van der Waals surface area contributed by atoms with Crippen LogP contribution >= 0.6 is 46.4 Å². The van der Waals surface area contributed by atoms with Crippen LogP contribution in [0.25, 0.3) is 0 Å². The van der Waals surface area contributed by atoms with Crippen molar-refractivity contribution in [3.63, 3.8) is 0 Å². The van der Waals surface area contributed by atoms with Crippen LogP contribution in [-0.2, 0) is 0 Å². The monoisotopic (exact) mass is 327 g/mol. The first-order chi connectivity index (χ1) is 8.46. The average molecular weight is 329 g/mol. The molecule has 1 amide bonds. The van der Waals surface area contributed by atoms with E-state index in [0.717, 1.165) is 0 Å². The lowest BCUT2D eigenvalue weighted by Crippen LogP contribution is -2.51. The van der Waals surface area contributed by atoms with E-state index in [1.165, 1.54) is 0 Å². The lowest BCUT2D eigenvalue weighted by molar-refractivity contribution is 0.0913. The molecule has 0 radical (unpaired) electrons. The van der Waals surface area contributed by atoms with E-state index in [9.17, 15) is 4.79 Å². The normalized spacial score (nSPS) is 11.4. The second-order valence-electron chi connectivity index (χ2n) is 4.01. The average Bonchev–Trinajstić information content (AvgIpc) is 2.35. The van der Waals surface area contributed by atoms with Gasteiger partial charge in [0, 0.05) is 27.4 Å². The molecule has 1 rings (SSSR count). The highest BCUT2D eigenvalue weighted by atomic mass is 35.5. The van der Waals surface area contributed by atoms with Gasteiger partial charge in [0.2, 0.25) is 0 Å². The molecular formula is C12H13Cl4NO. The van der Waals surface area contributed by atoms with Crippen molar-refractivity contribution >= 4 is 52.3 Å². The summed E-state index contributed by atoms with van der Waals surface area (Å²) in [6, 6.07) is 4.66. The molecule has 1 aromatic carbocycles. The van der Waals surface area contributed by atoms with Crippen molar-refractivity contribution in [3.05, 3.63) is 33.8 Å². The molecule has 0 unspecified atom stereocenters. The zero-order valence-corrected chi connectivity index (χ0v) is 12.8. The van der Waals surface area contributed by atoms with Crippen molar-refractivity contribution in [3.8, 4) is 0 Å². The zero-order chi connectivity index (χ0) is 13.8. The molecule has 0 saturated carbocycles. The molecule has 2 nitrogen and oxygen atoms in total. The summed E-state index contributed by atoms with van der Waals surface area (Å²) in [7, 11) is 0. The highest BCUT2D eigenvalue weighted by molar-refractivity contribution is 6.35. The Morgan fingerprint density at radius 2 is 1.67 bits per heavy atom. The lowest BCUT2D eigenvalue weighted by atomic mass is 10.0. The van der Waals surface area contributed by atoms with Crippen molar-refractivity contribution in [1.82, 2.24) is 5.32 Å². The van der Waals surface area contributed by atoms with Crippen molar-refractivity contribution in [2.24, 2.45) is 0 Å². The quantitative estimate of drug-likeness (QED) is 0.800. The third kappa shape index (κ3) is 3.92. The van der Waals surface area contributed by atoms with E-state index < -0.39 is 5.54 Å². The number of hydrogen-bond acceptors (Lipinski definition) is 1. The molecule has 0 aliphatic heterocycles. The minimum absolute atomic E-state index is 0.243. The first-order valence-electron chi connectivity index (χ1n) is 5.37. The summed E-state index contributed by atoms with van der Waals surface area (Å²) in [6.07, 6.45) is 0.639. The van der Waals surface area contributed by atoms with Gasteiger partial charge in [-0.1, -0.05) is 30.1 Å². The SMILES string of the molecule is CCC(CCl)(CCl)NC(=O)c1cc(Cl)cc(Cl)c1. The summed E-state index contributed by atoms with van der Waals surface area (Å²) in [5.74, 6) is 0.197. The molecule has 1 N–H and O–H groups in total. The van der Waals surface area contributed by atoms with Crippen LogP contribution in [0.1, 0.15) is 23.7 Å². The smallest absolute Gasteiger partial charge is 0.251 e. The topological polar surface area (TPSA) is 29.1 Å². The van der Waals surface area contributed by atoms with Crippen LogP contribution in [-0.4, -0.2) is 23.2 Å². The Hall–Kier alpha value is -0.150. The summed E-state index contributed by atoms with van der Waals surface area (Å²) in [5, 5.41) is 3.65. The summed E-state index contributed by atoms with van der Waals surface area (Å²) in [4.78, 5) is 12.1. The van der Waals surface area contributed by atoms with Gasteiger partial charge in [0.25, 0.3) is 5.91 Å². The zero-order valence-electron chi connectivity index (χ0n) is 9.77. The van der Waals surface area contributed by atoms with Crippen LogP contribution < -0.4 is 5.32 Å². The molecule has 0 aliphatic carbocycles.